The van der Waals surface area contributed by atoms with E-state index in [-0.39, 0.29) is 22.4 Å². The Morgan fingerprint density at radius 1 is 1.17 bits per heavy atom. The first-order valence-electron chi connectivity index (χ1n) is 10.2. The first-order valence-corrected chi connectivity index (χ1v) is 10.2. The van der Waals surface area contributed by atoms with Gasteiger partial charge in [0, 0.05) is 42.3 Å². The van der Waals surface area contributed by atoms with Crippen LogP contribution in [0.25, 0.3) is 5.69 Å². The molecule has 1 aromatic carbocycles. The minimum atomic E-state index is -0.903. The van der Waals surface area contributed by atoms with Crippen molar-refractivity contribution in [2.45, 2.75) is 53.4 Å². The molecular formula is C23H30FN3O3. The minimum absolute atomic E-state index is 0.0107. The van der Waals surface area contributed by atoms with Crippen LogP contribution >= 0.6 is 0 Å². The Balaban J connectivity index is 0.000000448. The van der Waals surface area contributed by atoms with Crippen molar-refractivity contribution in [3.05, 3.63) is 46.0 Å². The number of benzene rings is 1. The van der Waals surface area contributed by atoms with Gasteiger partial charge in [-0.2, -0.15) is 0 Å². The number of halogens is 1. The molecule has 2 aromatic rings. The summed E-state index contributed by atoms with van der Waals surface area (Å²) in [5, 5.41) is 0. The molecule has 0 radical (unpaired) electrons. The summed E-state index contributed by atoms with van der Waals surface area (Å²) in [6, 6.07) is 2.78. The molecule has 0 spiro atoms. The fourth-order valence-corrected chi connectivity index (χ4v) is 4.32. The number of amides is 1. The summed E-state index contributed by atoms with van der Waals surface area (Å²) in [5.74, 6) is -1.56. The number of nitrogens with two attached hydrogens (primary N) is 2. The maximum atomic E-state index is 14.4. The maximum absolute atomic E-state index is 14.4. The number of Topliss-reactive ketones (excluding diaryl/α,β-unsaturated/α-hetero) is 1. The van der Waals surface area contributed by atoms with Crippen molar-refractivity contribution in [3.8, 4) is 5.69 Å². The second-order valence-corrected chi connectivity index (χ2v) is 8.88. The zero-order valence-electron chi connectivity index (χ0n) is 18.1. The summed E-state index contributed by atoms with van der Waals surface area (Å²) >= 11 is 0. The van der Waals surface area contributed by atoms with Crippen molar-refractivity contribution < 1.29 is 18.7 Å². The van der Waals surface area contributed by atoms with Crippen LogP contribution in [-0.4, -0.2) is 29.5 Å². The average Bonchev–Trinajstić information content (AvgIpc) is 3.25. The Morgan fingerprint density at radius 3 is 2.30 bits per heavy atom. The summed E-state index contributed by atoms with van der Waals surface area (Å²) in [7, 11) is 0. The third-order valence-corrected chi connectivity index (χ3v) is 5.81. The van der Waals surface area contributed by atoms with Gasteiger partial charge in [-0.3, -0.25) is 9.59 Å². The molecule has 162 valence electrons. The van der Waals surface area contributed by atoms with E-state index in [1.165, 1.54) is 25.0 Å². The lowest BCUT2D eigenvalue weighted by Gasteiger charge is -2.30. The predicted molar refractivity (Wildman–Crippen MR) is 115 cm³/mol. The number of rotatable bonds is 2. The largest absolute Gasteiger partial charge is 0.398 e. The molecule has 1 aromatic heterocycles. The van der Waals surface area contributed by atoms with Crippen LogP contribution in [-0.2, 0) is 11.2 Å². The van der Waals surface area contributed by atoms with Gasteiger partial charge in [-0.25, -0.2) is 4.39 Å². The summed E-state index contributed by atoms with van der Waals surface area (Å²) in [4.78, 5) is 24.0. The number of anilines is 1. The van der Waals surface area contributed by atoms with Crippen molar-refractivity contribution in [2.24, 2.45) is 11.1 Å². The number of primary amides is 1. The molecule has 6 nitrogen and oxygen atoms in total. The molecule has 4 N–H and O–H groups in total. The Bertz CT molecular complexity index is 973. The minimum Gasteiger partial charge on any atom is -0.398 e. The summed E-state index contributed by atoms with van der Waals surface area (Å²) in [6.07, 6.45) is 3.74. The van der Waals surface area contributed by atoms with Gasteiger partial charge in [0.1, 0.15) is 5.82 Å². The van der Waals surface area contributed by atoms with Crippen LogP contribution in [0.3, 0.4) is 0 Å². The molecule has 0 bridgehead atoms. The van der Waals surface area contributed by atoms with E-state index in [0.29, 0.717) is 18.5 Å². The van der Waals surface area contributed by atoms with Gasteiger partial charge in [-0.15, -0.1) is 0 Å². The van der Waals surface area contributed by atoms with Crippen LogP contribution in [0.1, 0.15) is 70.8 Å². The molecule has 1 amide bonds. The van der Waals surface area contributed by atoms with E-state index in [9.17, 15) is 14.0 Å². The number of nitrogen functional groups attached to an aromatic ring is 1. The number of ether oxygens (including phenoxy) is 1. The van der Waals surface area contributed by atoms with E-state index in [4.69, 9.17) is 16.2 Å². The molecule has 7 heteroatoms. The zero-order chi connectivity index (χ0) is 22.2. The van der Waals surface area contributed by atoms with E-state index in [0.717, 1.165) is 35.7 Å². The standard InChI is InChI=1S/C19H22FN3O2.C4H8O/c1-9-10(2)23(14-7-19(3,4)8-15(24)16(9)14)11-5-12(20)17(18(22)25)13(21)6-11;1-2-4-5-3-1/h5-6H,7-8,21H2,1-4H3,(H2,22,25);1-4H2. The third-order valence-electron chi connectivity index (χ3n) is 5.81. The summed E-state index contributed by atoms with van der Waals surface area (Å²) < 4.78 is 21.2. The first-order chi connectivity index (χ1) is 14.0. The number of hydrogen-bond donors (Lipinski definition) is 2. The van der Waals surface area contributed by atoms with E-state index in [1.54, 1.807) is 0 Å². The molecule has 0 unspecified atom stereocenters. The summed E-state index contributed by atoms with van der Waals surface area (Å²) in [6.45, 7) is 9.88. The highest BCUT2D eigenvalue weighted by atomic mass is 19.1. The Morgan fingerprint density at radius 2 is 1.80 bits per heavy atom. The second kappa shape index (κ2) is 8.22. The molecular weight excluding hydrogens is 385 g/mol. The highest BCUT2D eigenvalue weighted by Crippen LogP contribution is 2.40. The molecule has 2 aliphatic rings. The predicted octanol–water partition coefficient (Wildman–Crippen LogP) is 3.87. The number of carbonyl (C=O) groups is 2. The van der Waals surface area contributed by atoms with Gasteiger partial charge in [0.25, 0.3) is 5.91 Å². The van der Waals surface area contributed by atoms with Crippen molar-refractivity contribution in [1.82, 2.24) is 4.57 Å². The molecule has 1 fully saturated rings. The van der Waals surface area contributed by atoms with E-state index in [1.807, 2.05) is 32.3 Å². The smallest absolute Gasteiger partial charge is 0.253 e. The van der Waals surface area contributed by atoms with Crippen molar-refractivity contribution in [3.63, 3.8) is 0 Å². The molecule has 0 saturated carbocycles. The van der Waals surface area contributed by atoms with Crippen LogP contribution in [0, 0.1) is 25.1 Å². The third kappa shape index (κ3) is 4.12. The zero-order valence-corrected chi connectivity index (χ0v) is 18.1. The normalized spacial score (nSPS) is 17.3. The highest BCUT2D eigenvalue weighted by molar-refractivity contribution is 6.01. The van der Waals surface area contributed by atoms with Crippen molar-refractivity contribution in [1.29, 1.82) is 0 Å². The lowest BCUT2D eigenvalue weighted by Crippen LogP contribution is -2.28. The van der Waals surface area contributed by atoms with Gasteiger partial charge in [-0.1, -0.05) is 13.8 Å². The summed E-state index contributed by atoms with van der Waals surface area (Å²) in [5.41, 5.74) is 14.4. The SMILES string of the molecule is C1CCOC1.Cc1c2c(n(-c3cc(N)c(C(N)=O)c(F)c3)c1C)CC(C)(C)CC2=O. The van der Waals surface area contributed by atoms with Gasteiger partial charge in [-0.05, 0) is 56.2 Å². The molecule has 4 rings (SSSR count). The average molecular weight is 416 g/mol. The number of ketones is 1. The van der Waals surface area contributed by atoms with Crippen molar-refractivity contribution in [2.75, 3.05) is 18.9 Å². The quantitative estimate of drug-likeness (QED) is 0.727. The lowest BCUT2D eigenvalue weighted by molar-refractivity contribution is 0.0909. The van der Waals surface area contributed by atoms with E-state index in [2.05, 4.69) is 0 Å². The Kier molecular flexibility index (Phi) is 6.04. The second-order valence-electron chi connectivity index (χ2n) is 8.88. The van der Waals surface area contributed by atoms with E-state index < -0.39 is 11.7 Å². The van der Waals surface area contributed by atoms with Crippen LogP contribution in [0.15, 0.2) is 12.1 Å². The number of carbonyl (C=O) groups excluding carboxylic acids is 2. The van der Waals surface area contributed by atoms with Crippen LogP contribution in [0.5, 0.6) is 0 Å². The molecule has 2 heterocycles. The van der Waals surface area contributed by atoms with Gasteiger partial charge >= 0.3 is 0 Å². The lowest BCUT2D eigenvalue weighted by atomic mass is 9.75. The fraction of sp³-hybridized carbons (Fsp3) is 0.478. The molecule has 0 atom stereocenters. The molecule has 1 saturated heterocycles. The topological polar surface area (TPSA) is 100 Å². The van der Waals surface area contributed by atoms with Crippen molar-refractivity contribution >= 4 is 17.4 Å². The van der Waals surface area contributed by atoms with Crippen LogP contribution in [0.2, 0.25) is 0 Å². The molecule has 1 aliphatic heterocycles. The number of fused-ring (bicyclic) bond motifs is 1. The molecule has 1 aliphatic carbocycles. The van der Waals surface area contributed by atoms with Gasteiger partial charge in [0.05, 0.1) is 11.3 Å². The molecule has 30 heavy (non-hydrogen) atoms. The van der Waals surface area contributed by atoms with Crippen LogP contribution < -0.4 is 11.5 Å². The van der Waals surface area contributed by atoms with Gasteiger partial charge in [0.2, 0.25) is 0 Å². The Hall–Kier alpha value is -2.67. The monoisotopic (exact) mass is 415 g/mol. The number of hydrogen-bond acceptors (Lipinski definition) is 4. The first kappa shape index (κ1) is 22.0. The Labute approximate surface area is 176 Å². The fourth-order valence-electron chi connectivity index (χ4n) is 4.32. The number of aromatic nitrogens is 1. The van der Waals surface area contributed by atoms with Gasteiger partial charge < -0.3 is 20.8 Å². The van der Waals surface area contributed by atoms with E-state index >= 15 is 0 Å². The van der Waals surface area contributed by atoms with Crippen LogP contribution in [0.4, 0.5) is 10.1 Å². The number of nitrogens with zero attached hydrogens (tertiary/aromatic N) is 1. The maximum Gasteiger partial charge on any atom is 0.253 e. The van der Waals surface area contributed by atoms with Gasteiger partial charge in [0.15, 0.2) is 5.78 Å². The highest BCUT2D eigenvalue weighted by Gasteiger charge is 2.36.